The Balaban J connectivity index is 2.25. The average Bonchev–Trinajstić information content (AvgIpc) is 2.96. The minimum Gasteiger partial charge on any atom is -0.508 e. The average molecular weight is 193 g/mol. The number of rotatable bonds is 3. The molecule has 0 unspecified atom stereocenters. The summed E-state index contributed by atoms with van der Waals surface area (Å²) in [5, 5.41) is 9.29. The molecule has 2 atom stereocenters. The lowest BCUT2D eigenvalue weighted by molar-refractivity contribution is 0.402. The van der Waals surface area contributed by atoms with E-state index in [-0.39, 0.29) is 5.75 Å². The molecule has 1 aromatic rings. The Morgan fingerprint density at radius 3 is 2.93 bits per heavy atom. The van der Waals surface area contributed by atoms with Gasteiger partial charge >= 0.3 is 0 Å². The number of hydrogen-bond donors (Lipinski definition) is 2. The molecule has 0 bridgehead atoms. The molecular formula is C11H15NO2. The van der Waals surface area contributed by atoms with Crippen LogP contribution in [0, 0.1) is 5.92 Å². The number of phenols is 1. The van der Waals surface area contributed by atoms with E-state index in [2.05, 4.69) is 0 Å². The van der Waals surface area contributed by atoms with Crippen molar-refractivity contribution in [3.8, 4) is 11.5 Å². The standard InChI is InChI=1S/C11H15NO2/c1-14-11-5-8(13)2-3-9(11)10-4-7(10)6-12/h2-3,5,7,10,13H,4,6,12H2,1H3/t7-,10+/m0/s1. The highest BCUT2D eigenvalue weighted by atomic mass is 16.5. The maximum atomic E-state index is 9.29. The Kier molecular flexibility index (Phi) is 2.33. The minimum atomic E-state index is 0.246. The van der Waals surface area contributed by atoms with Gasteiger partial charge in [0.2, 0.25) is 0 Å². The maximum Gasteiger partial charge on any atom is 0.126 e. The minimum absolute atomic E-state index is 0.246. The van der Waals surface area contributed by atoms with Crippen LogP contribution in [0.3, 0.4) is 0 Å². The van der Waals surface area contributed by atoms with E-state index in [1.165, 1.54) is 5.56 Å². The number of methoxy groups -OCH3 is 1. The topological polar surface area (TPSA) is 55.5 Å². The first-order chi connectivity index (χ1) is 6.76. The second-order valence-corrected chi connectivity index (χ2v) is 3.76. The molecule has 3 heteroatoms. The van der Waals surface area contributed by atoms with Crippen molar-refractivity contribution in [2.24, 2.45) is 11.7 Å². The van der Waals surface area contributed by atoms with E-state index < -0.39 is 0 Å². The van der Waals surface area contributed by atoms with E-state index in [4.69, 9.17) is 10.5 Å². The molecule has 2 rings (SSSR count). The van der Waals surface area contributed by atoms with Crippen molar-refractivity contribution >= 4 is 0 Å². The molecule has 0 radical (unpaired) electrons. The largest absolute Gasteiger partial charge is 0.508 e. The number of benzene rings is 1. The first kappa shape index (κ1) is 9.34. The van der Waals surface area contributed by atoms with Gasteiger partial charge < -0.3 is 15.6 Å². The summed E-state index contributed by atoms with van der Waals surface area (Å²) >= 11 is 0. The number of phenolic OH excluding ortho intramolecular Hbond substituents is 1. The van der Waals surface area contributed by atoms with Gasteiger partial charge in [0.15, 0.2) is 0 Å². The molecule has 1 fully saturated rings. The molecular weight excluding hydrogens is 178 g/mol. The Labute approximate surface area is 83.5 Å². The summed E-state index contributed by atoms with van der Waals surface area (Å²) in [6.07, 6.45) is 1.14. The molecule has 3 nitrogen and oxygen atoms in total. The van der Waals surface area contributed by atoms with Crippen molar-refractivity contribution in [2.45, 2.75) is 12.3 Å². The lowest BCUT2D eigenvalue weighted by Gasteiger charge is -2.08. The highest BCUT2D eigenvalue weighted by Crippen LogP contribution is 2.50. The Morgan fingerprint density at radius 2 is 2.36 bits per heavy atom. The number of hydrogen-bond acceptors (Lipinski definition) is 3. The molecule has 0 aliphatic heterocycles. The van der Waals surface area contributed by atoms with E-state index in [1.54, 1.807) is 19.2 Å². The highest BCUT2D eigenvalue weighted by Gasteiger charge is 2.38. The van der Waals surface area contributed by atoms with E-state index in [1.807, 2.05) is 6.07 Å². The molecule has 0 spiro atoms. The molecule has 0 amide bonds. The lowest BCUT2D eigenvalue weighted by Crippen LogP contribution is -2.02. The van der Waals surface area contributed by atoms with Crippen LogP contribution >= 0.6 is 0 Å². The van der Waals surface area contributed by atoms with Crippen LogP contribution in [0.5, 0.6) is 11.5 Å². The monoisotopic (exact) mass is 193 g/mol. The van der Waals surface area contributed by atoms with Gasteiger partial charge in [-0.1, -0.05) is 6.07 Å². The molecule has 1 aliphatic carbocycles. The van der Waals surface area contributed by atoms with Crippen molar-refractivity contribution in [1.82, 2.24) is 0 Å². The molecule has 76 valence electrons. The third kappa shape index (κ3) is 1.55. The predicted octanol–water partition coefficient (Wildman–Crippen LogP) is 1.46. The summed E-state index contributed by atoms with van der Waals surface area (Å²) < 4.78 is 5.22. The summed E-state index contributed by atoms with van der Waals surface area (Å²) in [6, 6.07) is 5.28. The lowest BCUT2D eigenvalue weighted by atomic mass is 10.1. The van der Waals surface area contributed by atoms with Crippen molar-refractivity contribution in [1.29, 1.82) is 0 Å². The van der Waals surface area contributed by atoms with Gasteiger partial charge in [-0.15, -0.1) is 0 Å². The van der Waals surface area contributed by atoms with Crippen LogP contribution in [-0.4, -0.2) is 18.8 Å². The SMILES string of the molecule is COc1cc(O)ccc1[C@@H]1C[C@H]1CN. The molecule has 0 saturated heterocycles. The summed E-state index contributed by atoms with van der Waals surface area (Å²) in [5.41, 5.74) is 6.76. The fourth-order valence-corrected chi connectivity index (χ4v) is 1.90. The summed E-state index contributed by atoms with van der Waals surface area (Å²) in [7, 11) is 1.62. The van der Waals surface area contributed by atoms with E-state index >= 15 is 0 Å². The molecule has 3 N–H and O–H groups in total. The number of ether oxygens (including phenoxy) is 1. The van der Waals surface area contributed by atoms with Crippen LogP contribution in [-0.2, 0) is 0 Å². The van der Waals surface area contributed by atoms with Crippen LogP contribution in [0.25, 0.3) is 0 Å². The van der Waals surface area contributed by atoms with Gasteiger partial charge in [0.1, 0.15) is 11.5 Å². The maximum absolute atomic E-state index is 9.29. The van der Waals surface area contributed by atoms with Gasteiger partial charge in [0.25, 0.3) is 0 Å². The van der Waals surface area contributed by atoms with E-state index in [0.717, 1.165) is 18.7 Å². The Morgan fingerprint density at radius 1 is 1.57 bits per heavy atom. The van der Waals surface area contributed by atoms with Crippen LogP contribution < -0.4 is 10.5 Å². The third-order valence-electron chi connectivity index (χ3n) is 2.84. The fourth-order valence-electron chi connectivity index (χ4n) is 1.90. The second kappa shape index (κ2) is 3.50. The third-order valence-corrected chi connectivity index (χ3v) is 2.84. The molecule has 1 saturated carbocycles. The van der Waals surface area contributed by atoms with E-state index in [0.29, 0.717) is 11.8 Å². The van der Waals surface area contributed by atoms with Crippen molar-refractivity contribution in [3.63, 3.8) is 0 Å². The number of aromatic hydroxyl groups is 1. The van der Waals surface area contributed by atoms with Crippen molar-refractivity contribution in [2.75, 3.05) is 13.7 Å². The molecule has 0 aromatic heterocycles. The van der Waals surface area contributed by atoms with E-state index in [9.17, 15) is 5.11 Å². The van der Waals surface area contributed by atoms with Crippen molar-refractivity contribution in [3.05, 3.63) is 23.8 Å². The highest BCUT2D eigenvalue weighted by molar-refractivity contribution is 5.44. The predicted molar refractivity (Wildman–Crippen MR) is 54.6 cm³/mol. The van der Waals surface area contributed by atoms with Gasteiger partial charge in [-0.2, -0.15) is 0 Å². The Bertz CT molecular complexity index is 338. The Hall–Kier alpha value is -1.22. The van der Waals surface area contributed by atoms with Gasteiger partial charge in [-0.25, -0.2) is 0 Å². The first-order valence-electron chi connectivity index (χ1n) is 4.83. The second-order valence-electron chi connectivity index (χ2n) is 3.76. The van der Waals surface area contributed by atoms with Crippen LogP contribution in [0.1, 0.15) is 17.9 Å². The normalized spacial score (nSPS) is 24.7. The quantitative estimate of drug-likeness (QED) is 0.764. The molecule has 14 heavy (non-hydrogen) atoms. The summed E-state index contributed by atoms with van der Waals surface area (Å²) in [6.45, 7) is 0.731. The first-order valence-corrected chi connectivity index (χ1v) is 4.83. The van der Waals surface area contributed by atoms with Gasteiger partial charge in [0, 0.05) is 6.07 Å². The zero-order chi connectivity index (χ0) is 10.1. The van der Waals surface area contributed by atoms with Crippen LogP contribution in [0.4, 0.5) is 0 Å². The van der Waals surface area contributed by atoms with Gasteiger partial charge in [-0.3, -0.25) is 0 Å². The zero-order valence-corrected chi connectivity index (χ0v) is 8.23. The summed E-state index contributed by atoms with van der Waals surface area (Å²) in [5.74, 6) is 2.13. The number of nitrogens with two attached hydrogens (primary N) is 1. The summed E-state index contributed by atoms with van der Waals surface area (Å²) in [4.78, 5) is 0. The van der Waals surface area contributed by atoms with Crippen molar-refractivity contribution < 1.29 is 9.84 Å². The zero-order valence-electron chi connectivity index (χ0n) is 8.23. The molecule has 1 aliphatic rings. The van der Waals surface area contributed by atoms with Gasteiger partial charge in [-0.05, 0) is 36.4 Å². The molecule has 1 aromatic carbocycles. The van der Waals surface area contributed by atoms with Crippen LogP contribution in [0.2, 0.25) is 0 Å². The fraction of sp³-hybridized carbons (Fsp3) is 0.455. The van der Waals surface area contributed by atoms with Crippen LogP contribution in [0.15, 0.2) is 18.2 Å². The smallest absolute Gasteiger partial charge is 0.126 e. The molecule has 0 heterocycles. The van der Waals surface area contributed by atoms with Gasteiger partial charge in [0.05, 0.1) is 7.11 Å².